The van der Waals surface area contributed by atoms with Gasteiger partial charge in [-0.15, -0.1) is 0 Å². The molecule has 0 bridgehead atoms. The summed E-state index contributed by atoms with van der Waals surface area (Å²) in [7, 11) is 0. The minimum atomic E-state index is -0.484. The van der Waals surface area contributed by atoms with E-state index in [4.69, 9.17) is 5.11 Å². The van der Waals surface area contributed by atoms with Crippen LogP contribution in [0.1, 0.15) is 5.56 Å². The highest BCUT2D eigenvalue weighted by molar-refractivity contribution is 6.04. The summed E-state index contributed by atoms with van der Waals surface area (Å²) >= 11 is 0. The highest BCUT2D eigenvalue weighted by atomic mass is 16.3. The SMILES string of the molecule is O=C1CN(C(=O)C=Cc2ccc(O)cc2)CC(=O)N1. The van der Waals surface area contributed by atoms with Crippen molar-refractivity contribution in [2.24, 2.45) is 0 Å². The first-order chi connectivity index (χ1) is 9.04. The largest absolute Gasteiger partial charge is 0.508 e. The third-order valence-corrected chi connectivity index (χ3v) is 2.57. The molecule has 19 heavy (non-hydrogen) atoms. The van der Waals surface area contributed by atoms with Crippen LogP contribution in [0.4, 0.5) is 0 Å². The van der Waals surface area contributed by atoms with Crippen molar-refractivity contribution in [1.29, 1.82) is 0 Å². The van der Waals surface area contributed by atoms with E-state index >= 15 is 0 Å². The highest BCUT2D eigenvalue weighted by Crippen LogP contribution is 2.11. The molecule has 1 heterocycles. The van der Waals surface area contributed by atoms with Crippen LogP contribution < -0.4 is 5.32 Å². The molecule has 0 radical (unpaired) electrons. The summed E-state index contributed by atoms with van der Waals surface area (Å²) in [6, 6.07) is 6.30. The predicted molar refractivity (Wildman–Crippen MR) is 66.9 cm³/mol. The molecule has 2 N–H and O–H groups in total. The van der Waals surface area contributed by atoms with Gasteiger partial charge in [0.2, 0.25) is 17.7 Å². The molecule has 1 aliphatic heterocycles. The van der Waals surface area contributed by atoms with Crippen LogP contribution in [0.2, 0.25) is 0 Å². The topological polar surface area (TPSA) is 86.7 Å². The van der Waals surface area contributed by atoms with E-state index in [0.717, 1.165) is 10.5 Å². The van der Waals surface area contributed by atoms with Gasteiger partial charge in [0.1, 0.15) is 18.8 Å². The van der Waals surface area contributed by atoms with Crippen molar-refractivity contribution in [3.05, 3.63) is 35.9 Å². The van der Waals surface area contributed by atoms with Crippen LogP contribution in [0, 0.1) is 0 Å². The van der Waals surface area contributed by atoms with Crippen LogP contribution in [-0.4, -0.2) is 40.8 Å². The van der Waals surface area contributed by atoms with E-state index in [1.807, 2.05) is 0 Å². The van der Waals surface area contributed by atoms with Crippen LogP contribution >= 0.6 is 0 Å². The highest BCUT2D eigenvalue weighted by Gasteiger charge is 2.24. The number of hydrogen-bond acceptors (Lipinski definition) is 4. The van der Waals surface area contributed by atoms with E-state index in [1.54, 1.807) is 18.2 Å². The lowest BCUT2D eigenvalue weighted by atomic mass is 10.2. The van der Waals surface area contributed by atoms with Crippen molar-refractivity contribution >= 4 is 23.8 Å². The third kappa shape index (κ3) is 3.41. The Kier molecular flexibility index (Phi) is 3.61. The number of phenolic OH excluding ortho intramolecular Hbond substituents is 1. The molecular formula is C13H12N2O4. The number of rotatable bonds is 2. The fourth-order valence-corrected chi connectivity index (χ4v) is 1.65. The second-order valence-electron chi connectivity index (χ2n) is 4.09. The van der Waals surface area contributed by atoms with E-state index in [0.29, 0.717) is 0 Å². The van der Waals surface area contributed by atoms with Gasteiger partial charge in [-0.1, -0.05) is 12.1 Å². The number of phenols is 1. The van der Waals surface area contributed by atoms with Crippen LogP contribution in [0.5, 0.6) is 5.75 Å². The van der Waals surface area contributed by atoms with Crippen LogP contribution in [-0.2, 0) is 14.4 Å². The van der Waals surface area contributed by atoms with Gasteiger partial charge in [-0.05, 0) is 23.8 Å². The molecule has 1 aliphatic rings. The summed E-state index contributed by atoms with van der Waals surface area (Å²) in [6.45, 7) is -0.241. The maximum absolute atomic E-state index is 11.8. The number of aromatic hydroxyl groups is 1. The maximum Gasteiger partial charge on any atom is 0.247 e. The number of hydrogen-bond donors (Lipinski definition) is 2. The Balaban J connectivity index is 2.02. The first-order valence-corrected chi connectivity index (χ1v) is 5.63. The van der Waals surface area contributed by atoms with Gasteiger partial charge in [0.05, 0.1) is 0 Å². The van der Waals surface area contributed by atoms with Crippen molar-refractivity contribution in [2.45, 2.75) is 0 Å². The number of amides is 3. The minimum Gasteiger partial charge on any atom is -0.508 e. The van der Waals surface area contributed by atoms with Gasteiger partial charge >= 0.3 is 0 Å². The van der Waals surface area contributed by atoms with Gasteiger partial charge in [-0.2, -0.15) is 0 Å². The molecule has 2 rings (SSSR count). The number of carbonyl (C=O) groups is 3. The average Bonchev–Trinajstić information content (AvgIpc) is 2.36. The molecule has 0 aliphatic carbocycles. The summed E-state index contributed by atoms with van der Waals surface area (Å²) < 4.78 is 0. The molecule has 0 saturated carbocycles. The van der Waals surface area contributed by atoms with Gasteiger partial charge in [0.25, 0.3) is 0 Å². The first-order valence-electron chi connectivity index (χ1n) is 5.63. The van der Waals surface area contributed by atoms with Gasteiger partial charge in [-0.25, -0.2) is 0 Å². The number of piperazine rings is 1. The zero-order valence-corrected chi connectivity index (χ0v) is 10.00. The van der Waals surface area contributed by atoms with Gasteiger partial charge < -0.3 is 10.0 Å². The normalized spacial score (nSPS) is 15.7. The Bertz CT molecular complexity index is 532. The second-order valence-corrected chi connectivity index (χ2v) is 4.09. The van der Waals surface area contributed by atoms with E-state index in [9.17, 15) is 14.4 Å². The van der Waals surface area contributed by atoms with E-state index < -0.39 is 17.7 Å². The summed E-state index contributed by atoms with van der Waals surface area (Å²) in [6.07, 6.45) is 2.84. The van der Waals surface area contributed by atoms with Crippen molar-refractivity contribution in [2.75, 3.05) is 13.1 Å². The molecule has 98 valence electrons. The Hall–Kier alpha value is -2.63. The van der Waals surface area contributed by atoms with Crippen molar-refractivity contribution in [3.63, 3.8) is 0 Å². The number of carbonyl (C=O) groups excluding carboxylic acids is 3. The first kappa shape index (κ1) is 12.8. The number of imide groups is 1. The molecule has 6 nitrogen and oxygen atoms in total. The third-order valence-electron chi connectivity index (χ3n) is 2.57. The smallest absolute Gasteiger partial charge is 0.247 e. The summed E-state index contributed by atoms with van der Waals surface area (Å²) in [5, 5.41) is 11.2. The van der Waals surface area contributed by atoms with E-state index in [1.165, 1.54) is 18.2 Å². The number of benzene rings is 1. The summed E-state index contributed by atoms with van der Waals surface area (Å²) in [4.78, 5) is 35.2. The fraction of sp³-hybridized carbons (Fsp3) is 0.154. The number of nitrogens with one attached hydrogen (secondary N) is 1. The van der Waals surface area contributed by atoms with Crippen LogP contribution in [0.15, 0.2) is 30.3 Å². The average molecular weight is 260 g/mol. The molecule has 1 fully saturated rings. The quantitative estimate of drug-likeness (QED) is 0.574. The molecule has 0 aromatic heterocycles. The second kappa shape index (κ2) is 5.34. The molecule has 0 spiro atoms. The lowest BCUT2D eigenvalue weighted by molar-refractivity contribution is -0.143. The fourth-order valence-electron chi connectivity index (χ4n) is 1.65. The maximum atomic E-state index is 11.8. The van der Waals surface area contributed by atoms with Crippen molar-refractivity contribution in [1.82, 2.24) is 10.2 Å². The predicted octanol–water partition coefficient (Wildman–Crippen LogP) is -0.110. The molecule has 0 atom stereocenters. The standard InChI is InChI=1S/C13H12N2O4/c16-10-4-1-9(2-5-10)3-6-13(19)15-7-11(17)14-12(18)8-15/h1-6,16H,7-8H2,(H,14,17,18). The Morgan fingerprint density at radius 2 is 1.74 bits per heavy atom. The lowest BCUT2D eigenvalue weighted by Crippen LogP contribution is -2.52. The van der Waals surface area contributed by atoms with Crippen molar-refractivity contribution < 1.29 is 19.5 Å². The van der Waals surface area contributed by atoms with Gasteiger partial charge in [0, 0.05) is 6.08 Å². The Morgan fingerprint density at radius 3 is 2.32 bits per heavy atom. The van der Waals surface area contributed by atoms with Crippen molar-refractivity contribution in [3.8, 4) is 5.75 Å². The summed E-state index contributed by atoms with van der Waals surface area (Å²) in [5.74, 6) is -1.23. The molecule has 1 aromatic rings. The zero-order valence-electron chi connectivity index (χ0n) is 10.00. The molecular weight excluding hydrogens is 248 g/mol. The zero-order chi connectivity index (χ0) is 13.8. The summed E-state index contributed by atoms with van der Waals surface area (Å²) in [5.41, 5.74) is 0.735. The minimum absolute atomic E-state index is 0.121. The van der Waals surface area contributed by atoms with Crippen LogP contribution in [0.3, 0.4) is 0 Å². The monoisotopic (exact) mass is 260 g/mol. The molecule has 3 amide bonds. The lowest BCUT2D eigenvalue weighted by Gasteiger charge is -2.24. The van der Waals surface area contributed by atoms with E-state index in [-0.39, 0.29) is 18.8 Å². The van der Waals surface area contributed by atoms with Gasteiger partial charge in [-0.3, -0.25) is 19.7 Å². The Morgan fingerprint density at radius 1 is 1.16 bits per heavy atom. The molecule has 1 saturated heterocycles. The Labute approximate surface area is 109 Å². The molecule has 6 heteroatoms. The van der Waals surface area contributed by atoms with Crippen LogP contribution in [0.25, 0.3) is 6.08 Å². The molecule has 1 aromatic carbocycles. The molecule has 0 unspecified atom stereocenters. The van der Waals surface area contributed by atoms with E-state index in [2.05, 4.69) is 5.32 Å². The van der Waals surface area contributed by atoms with Gasteiger partial charge in [0.15, 0.2) is 0 Å². The number of nitrogens with zero attached hydrogens (tertiary/aromatic N) is 1.